The Morgan fingerprint density at radius 3 is 2.64 bits per heavy atom. The third-order valence-corrected chi connectivity index (χ3v) is 5.61. The third kappa shape index (κ3) is 5.87. The molecule has 1 amide bonds. The monoisotopic (exact) mass is 406 g/mol. The SMILES string of the molecule is Cc1cc(OCCCC(=O)OCC(=O)N(C)C2(C#N)CCCCC2)ccc1Cl. The van der Waals surface area contributed by atoms with Gasteiger partial charge in [0.15, 0.2) is 6.61 Å². The van der Waals surface area contributed by atoms with Crippen molar-refractivity contribution in [2.24, 2.45) is 0 Å². The van der Waals surface area contributed by atoms with Crippen LogP contribution in [-0.2, 0) is 14.3 Å². The second-order valence-electron chi connectivity index (χ2n) is 7.18. The third-order valence-electron chi connectivity index (χ3n) is 5.18. The van der Waals surface area contributed by atoms with Gasteiger partial charge in [0.1, 0.15) is 11.3 Å². The molecule has 28 heavy (non-hydrogen) atoms. The lowest BCUT2D eigenvalue weighted by atomic mass is 9.81. The van der Waals surface area contributed by atoms with Crippen LogP contribution in [-0.4, -0.2) is 42.6 Å². The first-order chi connectivity index (χ1) is 13.4. The van der Waals surface area contributed by atoms with E-state index in [0.717, 1.165) is 24.8 Å². The van der Waals surface area contributed by atoms with Crippen molar-refractivity contribution in [3.8, 4) is 11.8 Å². The summed E-state index contributed by atoms with van der Waals surface area (Å²) in [5, 5.41) is 10.2. The van der Waals surface area contributed by atoms with Crippen LogP contribution in [0.4, 0.5) is 0 Å². The summed E-state index contributed by atoms with van der Waals surface area (Å²) in [4.78, 5) is 25.7. The predicted octanol–water partition coefficient (Wildman–Crippen LogP) is 4.04. The van der Waals surface area contributed by atoms with Crippen LogP contribution in [0.15, 0.2) is 18.2 Å². The number of nitriles is 1. The van der Waals surface area contributed by atoms with Crippen LogP contribution in [0.2, 0.25) is 5.02 Å². The Bertz CT molecular complexity index is 738. The molecule has 152 valence electrons. The Balaban J connectivity index is 1.69. The molecule has 1 fully saturated rings. The smallest absolute Gasteiger partial charge is 0.306 e. The summed E-state index contributed by atoms with van der Waals surface area (Å²) in [5.74, 6) is -0.0988. The van der Waals surface area contributed by atoms with Crippen molar-refractivity contribution in [1.29, 1.82) is 5.26 Å². The van der Waals surface area contributed by atoms with Crippen LogP contribution in [0.1, 0.15) is 50.5 Å². The molecular formula is C21H27ClN2O4. The molecule has 0 aliphatic heterocycles. The maximum Gasteiger partial charge on any atom is 0.306 e. The zero-order chi connectivity index (χ0) is 20.6. The minimum Gasteiger partial charge on any atom is -0.494 e. The summed E-state index contributed by atoms with van der Waals surface area (Å²) in [5.41, 5.74) is 0.154. The Morgan fingerprint density at radius 1 is 1.29 bits per heavy atom. The summed E-state index contributed by atoms with van der Waals surface area (Å²) in [6.45, 7) is 1.92. The predicted molar refractivity (Wildman–Crippen MR) is 106 cm³/mol. The Labute approximate surface area is 171 Å². The van der Waals surface area contributed by atoms with Gasteiger partial charge >= 0.3 is 5.97 Å². The number of carbonyl (C=O) groups excluding carboxylic acids is 2. The maximum atomic E-state index is 12.3. The van der Waals surface area contributed by atoms with Gasteiger partial charge in [-0.15, -0.1) is 0 Å². The van der Waals surface area contributed by atoms with Crippen LogP contribution in [0.5, 0.6) is 5.75 Å². The number of rotatable bonds is 8. The van der Waals surface area contributed by atoms with Crippen LogP contribution in [0.3, 0.4) is 0 Å². The van der Waals surface area contributed by atoms with Gasteiger partial charge in [-0.2, -0.15) is 5.26 Å². The fourth-order valence-corrected chi connectivity index (χ4v) is 3.44. The normalized spacial score (nSPS) is 15.4. The van der Waals surface area contributed by atoms with Gasteiger partial charge < -0.3 is 14.4 Å². The van der Waals surface area contributed by atoms with Crippen molar-refractivity contribution >= 4 is 23.5 Å². The van der Waals surface area contributed by atoms with Crippen LogP contribution >= 0.6 is 11.6 Å². The first-order valence-electron chi connectivity index (χ1n) is 9.60. The molecule has 1 aliphatic carbocycles. The molecule has 0 radical (unpaired) electrons. The zero-order valence-corrected chi connectivity index (χ0v) is 17.3. The van der Waals surface area contributed by atoms with E-state index in [1.807, 2.05) is 13.0 Å². The fraction of sp³-hybridized carbons (Fsp3) is 0.571. The van der Waals surface area contributed by atoms with Crippen molar-refractivity contribution in [3.63, 3.8) is 0 Å². The number of nitrogens with zero attached hydrogens (tertiary/aromatic N) is 2. The molecule has 1 aromatic carbocycles. The van der Waals surface area contributed by atoms with Gasteiger partial charge in [-0.1, -0.05) is 30.9 Å². The van der Waals surface area contributed by atoms with Gasteiger partial charge in [-0.3, -0.25) is 9.59 Å². The number of halogens is 1. The van der Waals surface area contributed by atoms with E-state index in [1.54, 1.807) is 19.2 Å². The van der Waals surface area contributed by atoms with Crippen LogP contribution in [0.25, 0.3) is 0 Å². The first kappa shape index (κ1) is 22.0. The molecule has 0 bridgehead atoms. The van der Waals surface area contributed by atoms with E-state index in [4.69, 9.17) is 21.1 Å². The van der Waals surface area contributed by atoms with Crippen LogP contribution in [0, 0.1) is 18.3 Å². The highest BCUT2D eigenvalue weighted by Crippen LogP contribution is 2.32. The van der Waals surface area contributed by atoms with Gasteiger partial charge in [0, 0.05) is 18.5 Å². The van der Waals surface area contributed by atoms with Gasteiger partial charge in [-0.25, -0.2) is 0 Å². The minimum absolute atomic E-state index is 0.160. The molecule has 6 nitrogen and oxygen atoms in total. The van der Waals surface area contributed by atoms with E-state index >= 15 is 0 Å². The number of benzene rings is 1. The van der Waals surface area contributed by atoms with Gasteiger partial charge in [0.2, 0.25) is 0 Å². The number of likely N-dealkylation sites (N-methyl/N-ethyl adjacent to an activating group) is 1. The van der Waals surface area contributed by atoms with E-state index in [0.29, 0.717) is 36.6 Å². The molecule has 0 N–H and O–H groups in total. The number of hydrogen-bond acceptors (Lipinski definition) is 5. The number of hydrogen-bond donors (Lipinski definition) is 0. The van der Waals surface area contributed by atoms with E-state index in [1.165, 1.54) is 4.90 Å². The van der Waals surface area contributed by atoms with Crippen molar-refractivity contribution in [3.05, 3.63) is 28.8 Å². The van der Waals surface area contributed by atoms with Gasteiger partial charge in [0.05, 0.1) is 12.7 Å². The molecule has 7 heteroatoms. The number of amides is 1. The highest BCUT2D eigenvalue weighted by molar-refractivity contribution is 6.31. The molecule has 0 atom stereocenters. The molecule has 0 aromatic heterocycles. The van der Waals surface area contributed by atoms with Crippen molar-refractivity contribution in [1.82, 2.24) is 4.90 Å². The zero-order valence-electron chi connectivity index (χ0n) is 16.5. The number of aryl methyl sites for hydroxylation is 1. The first-order valence-corrected chi connectivity index (χ1v) is 9.98. The summed E-state index contributed by atoms with van der Waals surface area (Å²) >= 11 is 5.97. The Morgan fingerprint density at radius 2 is 2.00 bits per heavy atom. The topological polar surface area (TPSA) is 79.6 Å². The van der Waals surface area contributed by atoms with Gasteiger partial charge in [0.25, 0.3) is 5.91 Å². The van der Waals surface area contributed by atoms with E-state index in [2.05, 4.69) is 6.07 Å². The van der Waals surface area contributed by atoms with E-state index in [9.17, 15) is 14.9 Å². The number of ether oxygens (including phenoxy) is 2. The minimum atomic E-state index is -0.772. The summed E-state index contributed by atoms with van der Waals surface area (Å²) in [6, 6.07) is 7.67. The average Bonchev–Trinajstić information content (AvgIpc) is 2.71. The second-order valence-corrected chi connectivity index (χ2v) is 7.59. The molecule has 2 rings (SSSR count). The molecule has 0 heterocycles. The standard InChI is InChI=1S/C21H27ClN2O4/c1-16-13-17(8-9-18(16)22)27-12-6-7-20(26)28-14-19(25)24(2)21(15-23)10-4-3-5-11-21/h8-9,13H,3-7,10-12,14H2,1-2H3. The molecule has 0 unspecified atom stereocenters. The van der Waals surface area contributed by atoms with E-state index < -0.39 is 11.5 Å². The summed E-state index contributed by atoms with van der Waals surface area (Å²) in [7, 11) is 1.62. The van der Waals surface area contributed by atoms with E-state index in [-0.39, 0.29) is 18.9 Å². The average molecular weight is 407 g/mol. The fourth-order valence-electron chi connectivity index (χ4n) is 3.32. The van der Waals surface area contributed by atoms with Crippen molar-refractivity contribution in [2.45, 2.75) is 57.4 Å². The highest BCUT2D eigenvalue weighted by atomic mass is 35.5. The lowest BCUT2D eigenvalue weighted by Crippen LogP contribution is -2.51. The molecule has 0 saturated heterocycles. The summed E-state index contributed by atoms with van der Waals surface area (Å²) < 4.78 is 10.7. The van der Waals surface area contributed by atoms with Crippen LogP contribution < -0.4 is 4.74 Å². The molecule has 1 saturated carbocycles. The number of carbonyl (C=O) groups is 2. The second kappa shape index (κ2) is 10.3. The molecular weight excluding hydrogens is 380 g/mol. The quantitative estimate of drug-likeness (QED) is 0.481. The molecule has 1 aromatic rings. The van der Waals surface area contributed by atoms with Gasteiger partial charge in [-0.05, 0) is 49.9 Å². The lowest BCUT2D eigenvalue weighted by molar-refractivity contribution is -0.153. The largest absolute Gasteiger partial charge is 0.494 e. The molecule has 1 aliphatic rings. The van der Waals surface area contributed by atoms with Crippen molar-refractivity contribution < 1.29 is 19.1 Å². The summed E-state index contributed by atoms with van der Waals surface area (Å²) in [6.07, 6.45) is 4.91. The molecule has 0 spiro atoms. The Kier molecular flexibility index (Phi) is 8.13. The maximum absolute atomic E-state index is 12.3. The Hall–Kier alpha value is -2.26. The highest BCUT2D eigenvalue weighted by Gasteiger charge is 2.38. The number of esters is 1. The van der Waals surface area contributed by atoms with Crippen molar-refractivity contribution in [2.75, 3.05) is 20.3 Å². The lowest BCUT2D eigenvalue weighted by Gasteiger charge is -2.38.